The van der Waals surface area contributed by atoms with Crippen LogP contribution in [0.5, 0.6) is 0 Å². The summed E-state index contributed by atoms with van der Waals surface area (Å²) >= 11 is 0. The van der Waals surface area contributed by atoms with Crippen molar-refractivity contribution in [1.29, 1.82) is 0 Å². The molecule has 1 aromatic carbocycles. The van der Waals surface area contributed by atoms with Crippen molar-refractivity contribution in [2.24, 2.45) is 0 Å². The summed E-state index contributed by atoms with van der Waals surface area (Å²) in [6, 6.07) is 7.51. The predicted molar refractivity (Wildman–Crippen MR) is 96.6 cm³/mol. The topological polar surface area (TPSA) is 64.2 Å². The first-order chi connectivity index (χ1) is 11.9. The van der Waals surface area contributed by atoms with Gasteiger partial charge in [0.15, 0.2) is 0 Å². The minimum Gasteiger partial charge on any atom is -0.336 e. The van der Waals surface area contributed by atoms with E-state index in [9.17, 15) is 13.2 Å². The van der Waals surface area contributed by atoms with Gasteiger partial charge in [-0.3, -0.25) is 4.79 Å². The van der Waals surface area contributed by atoms with Gasteiger partial charge in [0.1, 0.15) is 0 Å². The molecule has 1 amide bonds. The molecular weight excluding hydrogens is 340 g/mol. The lowest BCUT2D eigenvalue weighted by Gasteiger charge is -2.39. The molecule has 0 spiro atoms. The summed E-state index contributed by atoms with van der Waals surface area (Å²) in [5.41, 5.74) is 1.64. The first-order valence-electron chi connectivity index (χ1n) is 8.68. The van der Waals surface area contributed by atoms with Crippen molar-refractivity contribution in [1.82, 2.24) is 18.4 Å². The van der Waals surface area contributed by atoms with Crippen LogP contribution >= 0.6 is 0 Å². The van der Waals surface area contributed by atoms with E-state index in [4.69, 9.17) is 0 Å². The van der Waals surface area contributed by atoms with E-state index in [0.717, 1.165) is 18.7 Å². The number of carbonyl (C=O) groups is 1. The lowest BCUT2D eigenvalue weighted by atomic mass is 10.1. The van der Waals surface area contributed by atoms with Crippen LogP contribution in [0.15, 0.2) is 24.3 Å². The Kier molecular flexibility index (Phi) is 5.43. The van der Waals surface area contributed by atoms with Gasteiger partial charge in [-0.15, -0.1) is 0 Å². The zero-order chi connectivity index (χ0) is 18.0. The summed E-state index contributed by atoms with van der Waals surface area (Å²) in [6.07, 6.45) is 0. The molecule has 8 heteroatoms. The molecule has 0 radical (unpaired) electrons. The van der Waals surface area contributed by atoms with Crippen molar-refractivity contribution in [2.75, 3.05) is 59.4 Å². The number of hydrogen-bond donors (Lipinski definition) is 0. The van der Waals surface area contributed by atoms with Crippen LogP contribution in [0.2, 0.25) is 0 Å². The van der Waals surface area contributed by atoms with Gasteiger partial charge in [-0.25, -0.2) is 0 Å². The highest BCUT2D eigenvalue weighted by atomic mass is 32.2. The molecule has 2 aliphatic heterocycles. The Bertz CT molecular complexity index is 721. The second-order valence-electron chi connectivity index (χ2n) is 6.72. The maximum absolute atomic E-state index is 12.8. The van der Waals surface area contributed by atoms with Crippen molar-refractivity contribution >= 4 is 16.1 Å². The second-order valence-corrected chi connectivity index (χ2v) is 8.64. The third-order valence-electron chi connectivity index (χ3n) is 5.02. The highest BCUT2D eigenvalue weighted by molar-refractivity contribution is 7.86. The number of likely N-dealkylation sites (N-methyl/N-ethyl adjacent to an activating group) is 1. The molecule has 2 fully saturated rings. The molecule has 138 valence electrons. The summed E-state index contributed by atoms with van der Waals surface area (Å²) in [6.45, 7) is 6.05. The first-order valence-corrected chi connectivity index (χ1v) is 10.1. The third-order valence-corrected chi connectivity index (χ3v) is 7.05. The van der Waals surface area contributed by atoms with Crippen LogP contribution in [0.3, 0.4) is 0 Å². The Labute approximate surface area is 150 Å². The summed E-state index contributed by atoms with van der Waals surface area (Å²) in [7, 11) is -1.43. The highest BCUT2D eigenvalue weighted by Gasteiger charge is 2.34. The SMILES string of the molecule is Cc1ccccc1C(=O)N1CCN(S(=O)(=O)N2CCN(C)CC2)CC1. The molecule has 0 atom stereocenters. The Morgan fingerprint density at radius 3 is 1.96 bits per heavy atom. The van der Waals surface area contributed by atoms with E-state index >= 15 is 0 Å². The Morgan fingerprint density at radius 2 is 1.40 bits per heavy atom. The molecule has 0 aliphatic carbocycles. The molecule has 0 bridgehead atoms. The zero-order valence-electron chi connectivity index (χ0n) is 14.9. The summed E-state index contributed by atoms with van der Waals surface area (Å²) in [4.78, 5) is 16.5. The van der Waals surface area contributed by atoms with Crippen molar-refractivity contribution < 1.29 is 13.2 Å². The molecule has 25 heavy (non-hydrogen) atoms. The maximum Gasteiger partial charge on any atom is 0.282 e. The molecule has 1 aromatic rings. The fourth-order valence-corrected chi connectivity index (χ4v) is 4.86. The molecule has 2 aliphatic rings. The number of hydrogen-bond acceptors (Lipinski definition) is 4. The Hall–Kier alpha value is -1.48. The maximum atomic E-state index is 12.8. The van der Waals surface area contributed by atoms with Crippen LogP contribution in [0.1, 0.15) is 15.9 Å². The zero-order valence-corrected chi connectivity index (χ0v) is 15.7. The lowest BCUT2D eigenvalue weighted by Crippen LogP contribution is -2.57. The van der Waals surface area contributed by atoms with E-state index in [1.54, 1.807) is 9.21 Å². The van der Waals surface area contributed by atoms with Crippen molar-refractivity contribution in [3.8, 4) is 0 Å². The van der Waals surface area contributed by atoms with Gasteiger partial charge in [-0.1, -0.05) is 18.2 Å². The number of rotatable bonds is 3. The fourth-order valence-electron chi connectivity index (χ4n) is 3.29. The molecule has 0 aromatic heterocycles. The minimum atomic E-state index is -3.43. The molecule has 2 saturated heterocycles. The van der Waals surface area contributed by atoms with Crippen molar-refractivity contribution in [3.05, 3.63) is 35.4 Å². The summed E-state index contributed by atoms with van der Waals surface area (Å²) in [5.74, 6) is -0.0188. The number of carbonyl (C=O) groups excluding carboxylic acids is 1. The van der Waals surface area contributed by atoms with Crippen LogP contribution in [0, 0.1) is 6.92 Å². The normalized spacial score (nSPS) is 21.4. The summed E-state index contributed by atoms with van der Waals surface area (Å²) in [5, 5.41) is 0. The molecule has 2 heterocycles. The van der Waals surface area contributed by atoms with E-state index in [1.807, 2.05) is 38.2 Å². The van der Waals surface area contributed by atoms with E-state index in [0.29, 0.717) is 44.8 Å². The van der Waals surface area contributed by atoms with Gasteiger partial charge in [-0.2, -0.15) is 17.0 Å². The highest BCUT2D eigenvalue weighted by Crippen LogP contribution is 2.17. The van der Waals surface area contributed by atoms with Crippen molar-refractivity contribution in [2.45, 2.75) is 6.92 Å². The fraction of sp³-hybridized carbons (Fsp3) is 0.588. The number of benzene rings is 1. The first kappa shape index (κ1) is 18.3. The van der Waals surface area contributed by atoms with Gasteiger partial charge >= 0.3 is 0 Å². The second kappa shape index (κ2) is 7.41. The van der Waals surface area contributed by atoms with Gasteiger partial charge in [0.2, 0.25) is 0 Å². The Morgan fingerprint density at radius 1 is 0.880 bits per heavy atom. The largest absolute Gasteiger partial charge is 0.336 e. The Balaban J connectivity index is 1.62. The molecule has 0 unspecified atom stereocenters. The minimum absolute atomic E-state index is 0.0188. The van der Waals surface area contributed by atoms with Gasteiger partial charge in [0.05, 0.1) is 0 Å². The van der Waals surface area contributed by atoms with Gasteiger partial charge in [-0.05, 0) is 25.6 Å². The average molecular weight is 366 g/mol. The van der Waals surface area contributed by atoms with E-state index in [-0.39, 0.29) is 5.91 Å². The molecule has 7 nitrogen and oxygen atoms in total. The third kappa shape index (κ3) is 3.87. The van der Waals surface area contributed by atoms with E-state index in [2.05, 4.69) is 4.90 Å². The van der Waals surface area contributed by atoms with E-state index in [1.165, 1.54) is 4.31 Å². The quantitative estimate of drug-likeness (QED) is 0.769. The number of nitrogens with zero attached hydrogens (tertiary/aromatic N) is 4. The van der Waals surface area contributed by atoms with Gasteiger partial charge in [0.25, 0.3) is 16.1 Å². The van der Waals surface area contributed by atoms with Gasteiger partial charge in [0, 0.05) is 57.9 Å². The number of aryl methyl sites for hydroxylation is 1. The van der Waals surface area contributed by atoms with Crippen LogP contribution < -0.4 is 0 Å². The molecule has 3 rings (SSSR count). The molecule has 0 saturated carbocycles. The molecule has 0 N–H and O–H groups in total. The van der Waals surface area contributed by atoms with Crippen LogP contribution in [-0.4, -0.2) is 92.1 Å². The van der Waals surface area contributed by atoms with Gasteiger partial charge < -0.3 is 9.80 Å². The smallest absolute Gasteiger partial charge is 0.282 e. The predicted octanol–water partition coefficient (Wildman–Crippen LogP) is 0.245. The lowest BCUT2D eigenvalue weighted by molar-refractivity contribution is 0.0691. The van der Waals surface area contributed by atoms with Crippen LogP contribution in [0.25, 0.3) is 0 Å². The average Bonchev–Trinajstić information content (AvgIpc) is 2.62. The van der Waals surface area contributed by atoms with Crippen LogP contribution in [-0.2, 0) is 10.2 Å². The summed E-state index contributed by atoms with van der Waals surface area (Å²) < 4.78 is 28.6. The number of amides is 1. The monoisotopic (exact) mass is 366 g/mol. The van der Waals surface area contributed by atoms with Crippen LogP contribution in [0.4, 0.5) is 0 Å². The standard InChI is InChI=1S/C17H26N4O3S/c1-15-5-3-4-6-16(15)17(22)19-9-13-21(14-10-19)25(23,24)20-11-7-18(2)8-12-20/h3-6H,7-14H2,1-2H3. The van der Waals surface area contributed by atoms with Crippen molar-refractivity contribution in [3.63, 3.8) is 0 Å². The number of piperazine rings is 2. The molecular formula is C17H26N4O3S. The van der Waals surface area contributed by atoms with E-state index < -0.39 is 10.2 Å².